The van der Waals surface area contributed by atoms with Gasteiger partial charge < -0.3 is 14.8 Å². The first-order valence-electron chi connectivity index (χ1n) is 5.24. The molecular weight excluding hydrogens is 252 g/mol. The third-order valence-corrected chi connectivity index (χ3v) is 2.86. The van der Waals surface area contributed by atoms with Crippen molar-refractivity contribution in [3.63, 3.8) is 0 Å². The van der Waals surface area contributed by atoms with Crippen LogP contribution in [0.4, 0.5) is 5.88 Å². The van der Waals surface area contributed by atoms with E-state index in [1.54, 1.807) is 18.6 Å². The van der Waals surface area contributed by atoms with Gasteiger partial charge in [-0.25, -0.2) is 4.98 Å². The summed E-state index contributed by atoms with van der Waals surface area (Å²) in [5.41, 5.74) is 7.85. The summed E-state index contributed by atoms with van der Waals surface area (Å²) < 4.78 is 6.67. The number of hydrogen-bond acceptors (Lipinski definition) is 4. The van der Waals surface area contributed by atoms with Gasteiger partial charge in [0.25, 0.3) is 0 Å². The monoisotopic (exact) mass is 260 g/mol. The lowest BCUT2D eigenvalue weighted by atomic mass is 10.1. The molecule has 90 valence electrons. The Labute approximate surface area is 108 Å². The summed E-state index contributed by atoms with van der Waals surface area (Å²) in [6.07, 6.45) is 5.21. The number of aromatic nitrogens is 3. The molecule has 2 N–H and O–H groups in total. The minimum atomic E-state index is 0.278. The summed E-state index contributed by atoms with van der Waals surface area (Å²) >= 11 is 6.24. The molecule has 0 atom stereocenters. The molecule has 0 radical (unpaired) electrons. The first kappa shape index (κ1) is 10.9. The highest BCUT2D eigenvalue weighted by Gasteiger charge is 2.08. The topological polar surface area (TPSA) is 69.9 Å². The molecule has 0 bridgehead atoms. The first-order chi connectivity index (χ1) is 8.74. The van der Waals surface area contributed by atoms with E-state index >= 15 is 0 Å². The van der Waals surface area contributed by atoms with Crippen LogP contribution >= 0.6 is 11.6 Å². The van der Waals surface area contributed by atoms with Crippen LogP contribution in [0.5, 0.6) is 0 Å². The molecule has 3 rings (SSSR count). The van der Waals surface area contributed by atoms with E-state index in [4.69, 9.17) is 21.9 Å². The predicted octanol–water partition coefficient (Wildman–Crippen LogP) is 2.76. The zero-order valence-electron chi connectivity index (χ0n) is 9.25. The molecule has 0 aliphatic carbocycles. The summed E-state index contributed by atoms with van der Waals surface area (Å²) in [6, 6.07) is 7.26. The zero-order valence-corrected chi connectivity index (χ0v) is 10.0. The van der Waals surface area contributed by atoms with Crippen molar-refractivity contribution in [2.24, 2.45) is 0 Å². The average molecular weight is 261 g/mol. The van der Waals surface area contributed by atoms with Gasteiger partial charge in [-0.3, -0.25) is 0 Å². The quantitative estimate of drug-likeness (QED) is 0.769. The summed E-state index contributed by atoms with van der Waals surface area (Å²) in [5, 5.41) is 4.45. The van der Waals surface area contributed by atoms with Crippen LogP contribution in [0.2, 0.25) is 5.02 Å². The van der Waals surface area contributed by atoms with Crippen molar-refractivity contribution in [1.29, 1.82) is 0 Å². The molecule has 2 heterocycles. The summed E-state index contributed by atoms with van der Waals surface area (Å²) in [6.45, 7) is 0. The highest BCUT2D eigenvalue weighted by atomic mass is 35.5. The fraction of sp³-hybridized carbons (Fsp3) is 0. The van der Waals surface area contributed by atoms with Crippen molar-refractivity contribution in [2.75, 3.05) is 5.73 Å². The van der Waals surface area contributed by atoms with Gasteiger partial charge in [0.05, 0.1) is 17.0 Å². The largest absolute Gasteiger partial charge is 0.368 e. The number of anilines is 1. The van der Waals surface area contributed by atoms with E-state index in [1.165, 1.54) is 0 Å². The van der Waals surface area contributed by atoms with Crippen LogP contribution in [-0.4, -0.2) is 14.7 Å². The van der Waals surface area contributed by atoms with Gasteiger partial charge in [0.2, 0.25) is 5.88 Å². The second-order valence-corrected chi connectivity index (χ2v) is 4.16. The first-order valence-corrected chi connectivity index (χ1v) is 5.62. The predicted molar refractivity (Wildman–Crippen MR) is 68.5 cm³/mol. The standard InChI is InChI=1S/C12H9ClN4O/c13-9-5-8(10-6-12(14)18-16-10)1-2-11(9)17-4-3-15-7-17/h1-7H,14H2. The number of rotatable bonds is 2. The number of imidazole rings is 1. The van der Waals surface area contributed by atoms with E-state index in [0.717, 1.165) is 11.3 Å². The molecule has 0 saturated heterocycles. The second-order valence-electron chi connectivity index (χ2n) is 3.75. The van der Waals surface area contributed by atoms with Crippen LogP contribution in [0.1, 0.15) is 0 Å². The zero-order chi connectivity index (χ0) is 12.5. The fourth-order valence-corrected chi connectivity index (χ4v) is 1.98. The van der Waals surface area contributed by atoms with Crippen molar-refractivity contribution < 1.29 is 4.52 Å². The maximum atomic E-state index is 6.24. The number of nitrogens with two attached hydrogens (primary N) is 1. The molecule has 0 amide bonds. The molecule has 3 aromatic rings. The van der Waals surface area contributed by atoms with Crippen molar-refractivity contribution in [1.82, 2.24) is 14.7 Å². The SMILES string of the molecule is Nc1cc(-c2ccc(-n3ccnc3)c(Cl)c2)no1. The number of nitrogens with zero attached hydrogens (tertiary/aromatic N) is 3. The van der Waals surface area contributed by atoms with Crippen molar-refractivity contribution in [2.45, 2.75) is 0 Å². The molecule has 0 unspecified atom stereocenters. The molecule has 0 spiro atoms. The lowest BCUT2D eigenvalue weighted by Crippen LogP contribution is -1.91. The Kier molecular flexibility index (Phi) is 2.53. The lowest BCUT2D eigenvalue weighted by molar-refractivity contribution is 0.439. The Morgan fingerprint density at radius 1 is 1.28 bits per heavy atom. The van der Waals surface area contributed by atoms with Gasteiger partial charge in [0, 0.05) is 24.0 Å². The Morgan fingerprint density at radius 3 is 2.78 bits per heavy atom. The Balaban J connectivity index is 2.04. The smallest absolute Gasteiger partial charge is 0.222 e. The lowest BCUT2D eigenvalue weighted by Gasteiger charge is -2.06. The number of benzene rings is 1. The van der Waals surface area contributed by atoms with Crippen LogP contribution in [0.25, 0.3) is 16.9 Å². The average Bonchev–Trinajstić information content (AvgIpc) is 2.99. The summed E-state index contributed by atoms with van der Waals surface area (Å²) in [7, 11) is 0. The van der Waals surface area contributed by atoms with E-state index in [1.807, 2.05) is 29.0 Å². The van der Waals surface area contributed by atoms with Crippen LogP contribution in [-0.2, 0) is 0 Å². The van der Waals surface area contributed by atoms with Crippen LogP contribution in [0.3, 0.4) is 0 Å². The second kappa shape index (κ2) is 4.19. The summed E-state index contributed by atoms with van der Waals surface area (Å²) in [5.74, 6) is 0.278. The maximum Gasteiger partial charge on any atom is 0.222 e. The highest BCUT2D eigenvalue weighted by Crippen LogP contribution is 2.27. The molecule has 6 heteroatoms. The minimum absolute atomic E-state index is 0.278. The highest BCUT2D eigenvalue weighted by molar-refractivity contribution is 6.32. The van der Waals surface area contributed by atoms with E-state index in [0.29, 0.717) is 10.7 Å². The fourth-order valence-electron chi connectivity index (χ4n) is 1.70. The molecule has 0 saturated carbocycles. The van der Waals surface area contributed by atoms with Crippen LogP contribution < -0.4 is 5.73 Å². The van der Waals surface area contributed by atoms with Gasteiger partial charge in [0.1, 0.15) is 5.69 Å². The van der Waals surface area contributed by atoms with Gasteiger partial charge in [-0.2, -0.15) is 0 Å². The Hall–Kier alpha value is -2.27. The van der Waals surface area contributed by atoms with Crippen molar-refractivity contribution >= 4 is 17.5 Å². The molecule has 1 aromatic carbocycles. The molecule has 0 aliphatic heterocycles. The van der Waals surface area contributed by atoms with Crippen molar-refractivity contribution in [3.05, 3.63) is 48.0 Å². The van der Waals surface area contributed by atoms with Gasteiger partial charge >= 0.3 is 0 Å². The van der Waals surface area contributed by atoms with E-state index in [2.05, 4.69) is 10.1 Å². The Morgan fingerprint density at radius 2 is 2.17 bits per heavy atom. The summed E-state index contributed by atoms with van der Waals surface area (Å²) in [4.78, 5) is 3.98. The Bertz CT molecular complexity index is 675. The molecule has 5 nitrogen and oxygen atoms in total. The van der Waals surface area contributed by atoms with E-state index in [9.17, 15) is 0 Å². The minimum Gasteiger partial charge on any atom is -0.368 e. The van der Waals surface area contributed by atoms with E-state index in [-0.39, 0.29) is 5.88 Å². The van der Waals surface area contributed by atoms with Crippen LogP contribution in [0, 0.1) is 0 Å². The number of hydrogen-bond donors (Lipinski definition) is 1. The number of halogens is 1. The van der Waals surface area contributed by atoms with Crippen molar-refractivity contribution in [3.8, 4) is 16.9 Å². The normalized spacial score (nSPS) is 10.7. The van der Waals surface area contributed by atoms with Crippen LogP contribution in [0.15, 0.2) is 47.5 Å². The third-order valence-electron chi connectivity index (χ3n) is 2.55. The molecular formula is C12H9ClN4O. The third kappa shape index (κ3) is 1.84. The molecule has 0 fully saturated rings. The van der Waals surface area contributed by atoms with Gasteiger partial charge in [-0.05, 0) is 12.1 Å². The number of nitrogen functional groups attached to an aromatic ring is 1. The molecule has 0 aliphatic rings. The molecule has 2 aromatic heterocycles. The molecule has 18 heavy (non-hydrogen) atoms. The van der Waals surface area contributed by atoms with Gasteiger partial charge in [-0.15, -0.1) is 0 Å². The van der Waals surface area contributed by atoms with Gasteiger partial charge in [0.15, 0.2) is 0 Å². The van der Waals surface area contributed by atoms with Gasteiger partial charge in [-0.1, -0.05) is 22.8 Å². The maximum absolute atomic E-state index is 6.24. The van der Waals surface area contributed by atoms with E-state index < -0.39 is 0 Å².